The number of hydrogen-bond acceptors (Lipinski definition) is 4. The molecule has 0 fully saturated rings. The number of carbonyl (C=O) groups excluding carboxylic acids is 1. The second kappa shape index (κ2) is 5.52. The summed E-state index contributed by atoms with van der Waals surface area (Å²) in [5.41, 5.74) is 10.9. The minimum absolute atomic E-state index is 0.0143. The molecule has 18 heavy (non-hydrogen) atoms. The first-order valence-corrected chi connectivity index (χ1v) is 7.06. The third-order valence-corrected chi connectivity index (χ3v) is 4.18. The van der Waals surface area contributed by atoms with Gasteiger partial charge in [-0.1, -0.05) is 6.92 Å². The fourth-order valence-electron chi connectivity index (χ4n) is 1.34. The highest BCUT2D eigenvalue weighted by Gasteiger charge is 2.27. The maximum Gasteiger partial charge on any atom is 0.361 e. The Balaban J connectivity index is 3.10. The average Bonchev–Trinajstić information content (AvgIpc) is 2.27. The summed E-state index contributed by atoms with van der Waals surface area (Å²) in [5, 5.41) is -0.0206. The van der Waals surface area contributed by atoms with Gasteiger partial charge in [0.25, 0.3) is 0 Å². The molecule has 0 radical (unpaired) electrons. The number of primary amides is 1. The van der Waals surface area contributed by atoms with E-state index >= 15 is 0 Å². The Bertz CT molecular complexity index is 504. The SMILES string of the molecule is CCC(C)OP(=O)(O)c1ccc(C(N)=O)cc1N. The van der Waals surface area contributed by atoms with E-state index in [0.717, 1.165) is 0 Å². The van der Waals surface area contributed by atoms with Crippen LogP contribution in [-0.4, -0.2) is 16.9 Å². The summed E-state index contributed by atoms with van der Waals surface area (Å²) < 4.78 is 17.1. The molecule has 1 aromatic rings. The van der Waals surface area contributed by atoms with Gasteiger partial charge in [-0.2, -0.15) is 0 Å². The summed E-state index contributed by atoms with van der Waals surface area (Å²) in [6.07, 6.45) is 0.236. The van der Waals surface area contributed by atoms with Crippen LogP contribution in [0.15, 0.2) is 18.2 Å². The lowest BCUT2D eigenvalue weighted by Gasteiger charge is -2.18. The van der Waals surface area contributed by atoms with Crippen LogP contribution in [0.1, 0.15) is 30.6 Å². The molecule has 0 saturated carbocycles. The van der Waals surface area contributed by atoms with E-state index in [4.69, 9.17) is 16.0 Å². The van der Waals surface area contributed by atoms with Gasteiger partial charge in [0.05, 0.1) is 11.4 Å². The normalized spacial score (nSPS) is 15.9. The molecule has 2 unspecified atom stereocenters. The van der Waals surface area contributed by atoms with Gasteiger partial charge in [0.2, 0.25) is 5.91 Å². The van der Waals surface area contributed by atoms with Crippen molar-refractivity contribution in [2.24, 2.45) is 5.73 Å². The zero-order chi connectivity index (χ0) is 13.9. The lowest BCUT2D eigenvalue weighted by molar-refractivity contribution is 0.1000. The van der Waals surface area contributed by atoms with E-state index in [0.29, 0.717) is 6.42 Å². The van der Waals surface area contributed by atoms with E-state index in [1.54, 1.807) is 6.92 Å². The lowest BCUT2D eigenvalue weighted by atomic mass is 10.2. The van der Waals surface area contributed by atoms with Gasteiger partial charge >= 0.3 is 7.60 Å². The van der Waals surface area contributed by atoms with E-state index in [1.165, 1.54) is 18.2 Å². The van der Waals surface area contributed by atoms with Crippen LogP contribution in [-0.2, 0) is 9.09 Å². The van der Waals surface area contributed by atoms with Gasteiger partial charge in [-0.05, 0) is 31.5 Å². The largest absolute Gasteiger partial charge is 0.398 e. The minimum Gasteiger partial charge on any atom is -0.398 e. The summed E-state index contributed by atoms with van der Waals surface area (Å²) in [4.78, 5) is 20.8. The van der Waals surface area contributed by atoms with Crippen molar-refractivity contribution < 1.29 is 18.8 Å². The Hall–Kier alpha value is -1.36. The zero-order valence-corrected chi connectivity index (χ0v) is 11.2. The topological polar surface area (TPSA) is 116 Å². The number of nitrogen functional groups attached to an aromatic ring is 1. The van der Waals surface area contributed by atoms with Crippen molar-refractivity contribution >= 4 is 24.5 Å². The van der Waals surface area contributed by atoms with Crippen LogP contribution < -0.4 is 16.8 Å². The van der Waals surface area contributed by atoms with Gasteiger partial charge in [-0.25, -0.2) is 0 Å². The average molecular weight is 272 g/mol. The number of anilines is 1. The van der Waals surface area contributed by atoms with E-state index < -0.39 is 13.5 Å². The van der Waals surface area contributed by atoms with Gasteiger partial charge < -0.3 is 20.9 Å². The number of benzene rings is 1. The summed E-state index contributed by atoms with van der Waals surface area (Å²) >= 11 is 0. The second-order valence-corrected chi connectivity index (χ2v) is 5.72. The van der Waals surface area contributed by atoms with Crippen molar-refractivity contribution in [3.05, 3.63) is 23.8 Å². The highest BCUT2D eigenvalue weighted by Crippen LogP contribution is 2.44. The van der Waals surface area contributed by atoms with Crippen molar-refractivity contribution in [3.63, 3.8) is 0 Å². The van der Waals surface area contributed by atoms with Crippen LogP contribution in [0.3, 0.4) is 0 Å². The molecule has 0 spiro atoms. The molecule has 6 nitrogen and oxygen atoms in total. The molecule has 5 N–H and O–H groups in total. The van der Waals surface area contributed by atoms with E-state index in [2.05, 4.69) is 0 Å². The van der Waals surface area contributed by atoms with Gasteiger partial charge in [-0.15, -0.1) is 0 Å². The standard InChI is InChI=1S/C11H17N2O4P/c1-3-7(2)17-18(15,16)10-5-4-8(11(13)14)6-9(10)12/h4-7H,3,12H2,1-2H3,(H2,13,14)(H,15,16). The van der Waals surface area contributed by atoms with Crippen molar-refractivity contribution in [2.45, 2.75) is 26.4 Å². The van der Waals surface area contributed by atoms with Gasteiger partial charge in [0.1, 0.15) is 0 Å². The Morgan fingerprint density at radius 3 is 2.61 bits per heavy atom. The first-order chi connectivity index (χ1) is 8.27. The quantitative estimate of drug-likeness (QED) is 0.546. The first-order valence-electron chi connectivity index (χ1n) is 5.49. The molecule has 100 valence electrons. The molecule has 0 aliphatic heterocycles. The number of amides is 1. The third kappa shape index (κ3) is 3.32. The van der Waals surface area contributed by atoms with Crippen molar-refractivity contribution in [3.8, 4) is 0 Å². The minimum atomic E-state index is -3.98. The van der Waals surface area contributed by atoms with Crippen LogP contribution in [0.4, 0.5) is 5.69 Å². The van der Waals surface area contributed by atoms with Crippen molar-refractivity contribution in [1.29, 1.82) is 0 Å². The Morgan fingerprint density at radius 2 is 2.17 bits per heavy atom. The number of nitrogens with two attached hydrogens (primary N) is 2. The predicted octanol–water partition coefficient (Wildman–Crippen LogP) is 0.994. The van der Waals surface area contributed by atoms with Crippen LogP contribution >= 0.6 is 7.60 Å². The fourth-order valence-corrected chi connectivity index (χ4v) is 2.74. The number of carbonyl (C=O) groups is 1. The molecular formula is C11H17N2O4P. The summed E-state index contributed by atoms with van der Waals surface area (Å²) in [7, 11) is -3.98. The van der Waals surface area contributed by atoms with Crippen LogP contribution in [0.25, 0.3) is 0 Å². The maximum absolute atomic E-state index is 12.0. The number of hydrogen-bond donors (Lipinski definition) is 3. The molecular weight excluding hydrogens is 255 g/mol. The van der Waals surface area contributed by atoms with Gasteiger partial charge in [-0.3, -0.25) is 9.36 Å². The highest BCUT2D eigenvalue weighted by molar-refractivity contribution is 7.61. The first kappa shape index (κ1) is 14.7. The summed E-state index contributed by atoms with van der Waals surface area (Å²) in [5.74, 6) is -0.649. The molecule has 2 atom stereocenters. The molecule has 7 heteroatoms. The Kier molecular flexibility index (Phi) is 4.51. The summed E-state index contributed by atoms with van der Waals surface area (Å²) in [6.45, 7) is 3.53. The van der Waals surface area contributed by atoms with Gasteiger partial charge in [0, 0.05) is 11.3 Å². The van der Waals surface area contributed by atoms with E-state index in [9.17, 15) is 14.3 Å². The van der Waals surface area contributed by atoms with E-state index in [-0.39, 0.29) is 22.7 Å². The Morgan fingerprint density at radius 1 is 1.56 bits per heavy atom. The van der Waals surface area contributed by atoms with Crippen molar-refractivity contribution in [1.82, 2.24) is 0 Å². The molecule has 1 amide bonds. The van der Waals surface area contributed by atoms with Crippen LogP contribution in [0.2, 0.25) is 0 Å². The van der Waals surface area contributed by atoms with Crippen molar-refractivity contribution in [2.75, 3.05) is 5.73 Å². The second-order valence-electron chi connectivity index (χ2n) is 3.98. The fraction of sp³-hybridized carbons (Fsp3) is 0.364. The molecule has 0 saturated heterocycles. The predicted molar refractivity (Wildman–Crippen MR) is 69.7 cm³/mol. The van der Waals surface area contributed by atoms with Crippen LogP contribution in [0.5, 0.6) is 0 Å². The Labute approximate surface area is 105 Å². The summed E-state index contributed by atoms with van der Waals surface area (Å²) in [6, 6.07) is 3.90. The smallest absolute Gasteiger partial charge is 0.361 e. The zero-order valence-electron chi connectivity index (χ0n) is 10.3. The molecule has 0 aromatic heterocycles. The molecule has 0 aliphatic carbocycles. The molecule has 1 rings (SSSR count). The highest BCUT2D eigenvalue weighted by atomic mass is 31.2. The lowest BCUT2D eigenvalue weighted by Crippen LogP contribution is -2.18. The molecule has 1 aromatic carbocycles. The molecule has 0 aliphatic rings. The molecule has 0 bridgehead atoms. The van der Waals surface area contributed by atoms with E-state index in [1.807, 2.05) is 6.92 Å². The number of rotatable bonds is 5. The monoisotopic (exact) mass is 272 g/mol. The van der Waals surface area contributed by atoms with Crippen LogP contribution in [0, 0.1) is 0 Å². The maximum atomic E-state index is 12.0. The third-order valence-electron chi connectivity index (χ3n) is 2.51. The van der Waals surface area contributed by atoms with Gasteiger partial charge in [0.15, 0.2) is 0 Å². The molecule has 0 heterocycles.